The maximum absolute atomic E-state index is 5.10. The molecule has 1 saturated heterocycles. The molecule has 0 saturated carbocycles. The molecule has 0 unspecified atom stereocenters. The molecule has 0 radical (unpaired) electrons. The molecule has 1 aromatic heterocycles. The number of methoxy groups -OCH3 is 1. The van der Waals surface area contributed by atoms with Gasteiger partial charge in [-0.25, -0.2) is 0 Å². The van der Waals surface area contributed by atoms with Gasteiger partial charge in [-0.2, -0.15) is 4.98 Å². The highest BCUT2D eigenvalue weighted by Gasteiger charge is 2.21. The second-order valence-electron chi connectivity index (χ2n) is 3.13. The molecular formula is C8H13N3O2. The molecule has 0 amide bonds. The molecule has 0 spiro atoms. The normalized spacial score (nSPS) is 22.4. The van der Waals surface area contributed by atoms with E-state index in [0.717, 1.165) is 13.0 Å². The monoisotopic (exact) mass is 183 g/mol. The van der Waals surface area contributed by atoms with Gasteiger partial charge in [0.25, 0.3) is 0 Å². The molecule has 1 fully saturated rings. The smallest absolute Gasteiger partial charge is 0.243 e. The molecule has 0 aliphatic carbocycles. The lowest BCUT2D eigenvalue weighted by molar-refractivity contribution is 0.174. The fraction of sp³-hybridized carbons (Fsp3) is 0.750. The summed E-state index contributed by atoms with van der Waals surface area (Å²) in [5.74, 6) is 1.30. The van der Waals surface area contributed by atoms with Crippen LogP contribution in [0.2, 0.25) is 0 Å². The molecule has 2 rings (SSSR count). The van der Waals surface area contributed by atoms with E-state index in [4.69, 9.17) is 9.26 Å². The number of aromatic nitrogens is 2. The van der Waals surface area contributed by atoms with E-state index < -0.39 is 0 Å². The number of hydrogen-bond acceptors (Lipinski definition) is 5. The molecule has 1 aliphatic rings. The zero-order valence-corrected chi connectivity index (χ0v) is 7.62. The van der Waals surface area contributed by atoms with E-state index in [-0.39, 0.29) is 6.04 Å². The Bertz CT molecular complexity index is 268. The molecule has 1 N–H and O–H groups in total. The molecule has 5 nitrogen and oxygen atoms in total. The SMILES string of the molecule is COCc1noc([C@H]2CCCN2)n1. The van der Waals surface area contributed by atoms with Crippen molar-refractivity contribution in [1.29, 1.82) is 0 Å². The minimum Gasteiger partial charge on any atom is -0.377 e. The standard InChI is InChI=1S/C8H13N3O2/c1-12-5-7-10-8(13-11-7)6-3-2-4-9-6/h6,9H,2-5H2,1H3/t6-/m1/s1. The van der Waals surface area contributed by atoms with Crippen LogP contribution in [0.1, 0.15) is 30.6 Å². The molecule has 2 heterocycles. The van der Waals surface area contributed by atoms with Gasteiger partial charge in [0, 0.05) is 7.11 Å². The second-order valence-corrected chi connectivity index (χ2v) is 3.13. The molecule has 0 aromatic carbocycles. The van der Waals surface area contributed by atoms with Crippen LogP contribution in [-0.4, -0.2) is 23.8 Å². The van der Waals surface area contributed by atoms with Crippen molar-refractivity contribution >= 4 is 0 Å². The summed E-state index contributed by atoms with van der Waals surface area (Å²) in [7, 11) is 1.61. The van der Waals surface area contributed by atoms with Gasteiger partial charge < -0.3 is 14.6 Å². The molecule has 13 heavy (non-hydrogen) atoms. The van der Waals surface area contributed by atoms with Gasteiger partial charge in [-0.15, -0.1) is 0 Å². The first-order chi connectivity index (χ1) is 6.40. The average Bonchev–Trinajstić information content (AvgIpc) is 2.70. The zero-order valence-electron chi connectivity index (χ0n) is 7.62. The van der Waals surface area contributed by atoms with E-state index in [0.29, 0.717) is 18.3 Å². The van der Waals surface area contributed by atoms with E-state index in [1.807, 2.05) is 0 Å². The second kappa shape index (κ2) is 3.85. The molecule has 72 valence electrons. The van der Waals surface area contributed by atoms with Gasteiger partial charge in [-0.05, 0) is 19.4 Å². The van der Waals surface area contributed by atoms with Crippen molar-refractivity contribution in [3.63, 3.8) is 0 Å². The topological polar surface area (TPSA) is 60.2 Å². The lowest BCUT2D eigenvalue weighted by Crippen LogP contribution is -2.13. The number of ether oxygens (including phenoxy) is 1. The Morgan fingerprint density at radius 2 is 2.62 bits per heavy atom. The van der Waals surface area contributed by atoms with Crippen molar-refractivity contribution in [3.05, 3.63) is 11.7 Å². The van der Waals surface area contributed by atoms with Gasteiger partial charge in [0.05, 0.1) is 6.04 Å². The molecule has 1 aliphatic heterocycles. The fourth-order valence-electron chi connectivity index (χ4n) is 1.49. The summed E-state index contributed by atoms with van der Waals surface area (Å²) in [6.45, 7) is 1.45. The Kier molecular flexibility index (Phi) is 2.56. The van der Waals surface area contributed by atoms with Gasteiger partial charge in [0.1, 0.15) is 6.61 Å². The maximum atomic E-state index is 5.10. The highest BCUT2D eigenvalue weighted by molar-refractivity contribution is 4.94. The number of nitrogens with one attached hydrogen (secondary N) is 1. The van der Waals surface area contributed by atoms with Gasteiger partial charge >= 0.3 is 0 Å². The van der Waals surface area contributed by atoms with Crippen LogP contribution in [0.25, 0.3) is 0 Å². The minimum atomic E-state index is 0.248. The van der Waals surface area contributed by atoms with Gasteiger partial charge in [-0.1, -0.05) is 5.16 Å². The summed E-state index contributed by atoms with van der Waals surface area (Å²) in [5.41, 5.74) is 0. The first-order valence-corrected chi connectivity index (χ1v) is 4.45. The Balaban J connectivity index is 2.03. The van der Waals surface area contributed by atoms with Crippen molar-refractivity contribution in [1.82, 2.24) is 15.5 Å². The van der Waals surface area contributed by atoms with Gasteiger partial charge in [-0.3, -0.25) is 0 Å². The first-order valence-electron chi connectivity index (χ1n) is 4.45. The van der Waals surface area contributed by atoms with E-state index in [9.17, 15) is 0 Å². The maximum Gasteiger partial charge on any atom is 0.243 e. The summed E-state index contributed by atoms with van der Waals surface area (Å²) in [6, 6.07) is 0.248. The molecule has 1 aromatic rings. The van der Waals surface area contributed by atoms with Crippen molar-refractivity contribution in [2.24, 2.45) is 0 Å². The van der Waals surface area contributed by atoms with Crippen molar-refractivity contribution in [3.8, 4) is 0 Å². The fourth-order valence-corrected chi connectivity index (χ4v) is 1.49. The summed E-state index contributed by atoms with van der Waals surface area (Å²) >= 11 is 0. The van der Waals surface area contributed by atoms with Crippen LogP contribution in [0, 0.1) is 0 Å². The lowest BCUT2D eigenvalue weighted by Gasteiger charge is -2.01. The molecule has 5 heteroatoms. The summed E-state index contributed by atoms with van der Waals surface area (Å²) in [6.07, 6.45) is 2.25. The Morgan fingerprint density at radius 1 is 1.69 bits per heavy atom. The highest BCUT2D eigenvalue weighted by Crippen LogP contribution is 2.20. The van der Waals surface area contributed by atoms with E-state index >= 15 is 0 Å². The van der Waals surface area contributed by atoms with Crippen LogP contribution >= 0.6 is 0 Å². The summed E-state index contributed by atoms with van der Waals surface area (Å²) in [5, 5.41) is 7.09. The quantitative estimate of drug-likeness (QED) is 0.745. The molecule has 0 bridgehead atoms. The van der Waals surface area contributed by atoms with Crippen LogP contribution < -0.4 is 5.32 Å². The Hall–Kier alpha value is -0.940. The van der Waals surface area contributed by atoms with E-state index in [1.165, 1.54) is 6.42 Å². The Morgan fingerprint density at radius 3 is 3.31 bits per heavy atom. The third-order valence-electron chi connectivity index (χ3n) is 2.12. The first kappa shape index (κ1) is 8.65. The zero-order chi connectivity index (χ0) is 9.10. The summed E-state index contributed by atoms with van der Waals surface area (Å²) in [4.78, 5) is 4.22. The highest BCUT2D eigenvalue weighted by atomic mass is 16.5. The number of nitrogens with zero attached hydrogens (tertiary/aromatic N) is 2. The third kappa shape index (κ3) is 1.87. The van der Waals surface area contributed by atoms with Crippen LogP contribution in [-0.2, 0) is 11.3 Å². The number of rotatable bonds is 3. The average molecular weight is 183 g/mol. The third-order valence-corrected chi connectivity index (χ3v) is 2.12. The van der Waals surface area contributed by atoms with Gasteiger partial charge in [0.15, 0.2) is 5.82 Å². The number of hydrogen-bond donors (Lipinski definition) is 1. The summed E-state index contributed by atoms with van der Waals surface area (Å²) < 4.78 is 10.00. The van der Waals surface area contributed by atoms with Crippen LogP contribution in [0.15, 0.2) is 4.52 Å². The minimum absolute atomic E-state index is 0.248. The van der Waals surface area contributed by atoms with Gasteiger partial charge in [0.2, 0.25) is 5.89 Å². The molecule has 1 atom stereocenters. The van der Waals surface area contributed by atoms with Crippen molar-refractivity contribution in [2.45, 2.75) is 25.5 Å². The van der Waals surface area contributed by atoms with Crippen LogP contribution in [0.3, 0.4) is 0 Å². The predicted molar refractivity (Wildman–Crippen MR) is 45.0 cm³/mol. The van der Waals surface area contributed by atoms with Crippen molar-refractivity contribution in [2.75, 3.05) is 13.7 Å². The molecular weight excluding hydrogens is 170 g/mol. The Labute approximate surface area is 76.5 Å². The van der Waals surface area contributed by atoms with E-state index in [2.05, 4.69) is 15.5 Å². The van der Waals surface area contributed by atoms with Crippen molar-refractivity contribution < 1.29 is 9.26 Å². The van der Waals surface area contributed by atoms with E-state index in [1.54, 1.807) is 7.11 Å². The van der Waals surface area contributed by atoms with Crippen LogP contribution in [0.4, 0.5) is 0 Å². The largest absolute Gasteiger partial charge is 0.377 e. The lowest BCUT2D eigenvalue weighted by atomic mass is 10.2. The predicted octanol–water partition coefficient (Wildman–Crippen LogP) is 0.641. The van der Waals surface area contributed by atoms with Crippen LogP contribution in [0.5, 0.6) is 0 Å².